The molecule has 18 heavy (non-hydrogen) atoms. The number of halogens is 1. The predicted molar refractivity (Wildman–Crippen MR) is 72.8 cm³/mol. The molecule has 94 valence electrons. The number of phenols is 1. The number of aromatic nitrogens is 1. The molecule has 2 N–H and O–H groups in total. The summed E-state index contributed by atoms with van der Waals surface area (Å²) in [6.07, 6.45) is 4.51. The standard InChI is InChI=1S/C14H15ClN2O/c15-13-1-2-14(18)12(9-13)10-17-8-5-11-3-6-16-7-4-11/h1-4,6-7,9,17-18H,5,8,10H2. The van der Waals surface area contributed by atoms with Gasteiger partial charge in [-0.05, 0) is 48.9 Å². The van der Waals surface area contributed by atoms with E-state index in [-0.39, 0.29) is 5.75 Å². The zero-order chi connectivity index (χ0) is 12.8. The van der Waals surface area contributed by atoms with Crippen LogP contribution in [0.4, 0.5) is 0 Å². The van der Waals surface area contributed by atoms with Crippen LogP contribution in [0.2, 0.25) is 5.02 Å². The smallest absolute Gasteiger partial charge is 0.120 e. The second-order valence-electron chi connectivity index (χ2n) is 4.06. The number of pyridine rings is 1. The summed E-state index contributed by atoms with van der Waals surface area (Å²) in [5.41, 5.74) is 2.06. The Morgan fingerprint density at radius 2 is 1.94 bits per heavy atom. The summed E-state index contributed by atoms with van der Waals surface area (Å²) in [4.78, 5) is 3.97. The van der Waals surface area contributed by atoms with Gasteiger partial charge in [-0.25, -0.2) is 0 Å². The topological polar surface area (TPSA) is 45.1 Å². The third kappa shape index (κ3) is 3.72. The number of nitrogens with zero attached hydrogens (tertiary/aromatic N) is 1. The molecule has 2 aromatic rings. The number of rotatable bonds is 5. The molecule has 0 radical (unpaired) electrons. The average molecular weight is 263 g/mol. The number of hydrogen-bond acceptors (Lipinski definition) is 3. The van der Waals surface area contributed by atoms with Crippen LogP contribution in [0.15, 0.2) is 42.7 Å². The van der Waals surface area contributed by atoms with Crippen molar-refractivity contribution in [1.82, 2.24) is 10.3 Å². The van der Waals surface area contributed by atoms with Crippen molar-refractivity contribution in [3.8, 4) is 5.75 Å². The van der Waals surface area contributed by atoms with Gasteiger partial charge in [-0.15, -0.1) is 0 Å². The molecule has 0 saturated carbocycles. The van der Waals surface area contributed by atoms with Crippen molar-refractivity contribution in [2.45, 2.75) is 13.0 Å². The summed E-state index contributed by atoms with van der Waals surface area (Å²) >= 11 is 5.88. The zero-order valence-corrected chi connectivity index (χ0v) is 10.7. The lowest BCUT2D eigenvalue weighted by molar-refractivity contribution is 0.464. The van der Waals surface area contributed by atoms with Crippen molar-refractivity contribution in [2.24, 2.45) is 0 Å². The average Bonchev–Trinajstić information content (AvgIpc) is 2.40. The molecular formula is C14H15ClN2O. The molecule has 0 bridgehead atoms. The molecular weight excluding hydrogens is 248 g/mol. The van der Waals surface area contributed by atoms with Crippen LogP contribution in [-0.4, -0.2) is 16.6 Å². The van der Waals surface area contributed by atoms with Gasteiger partial charge in [-0.1, -0.05) is 11.6 Å². The highest BCUT2D eigenvalue weighted by Gasteiger charge is 2.01. The van der Waals surface area contributed by atoms with Gasteiger partial charge in [-0.2, -0.15) is 0 Å². The van der Waals surface area contributed by atoms with Crippen LogP contribution in [0.5, 0.6) is 5.75 Å². The number of aromatic hydroxyl groups is 1. The highest BCUT2D eigenvalue weighted by molar-refractivity contribution is 6.30. The SMILES string of the molecule is Oc1ccc(Cl)cc1CNCCc1ccncc1. The molecule has 0 aliphatic rings. The third-order valence-electron chi connectivity index (χ3n) is 2.70. The van der Waals surface area contributed by atoms with E-state index >= 15 is 0 Å². The molecule has 0 amide bonds. The first-order chi connectivity index (χ1) is 8.75. The molecule has 0 saturated heterocycles. The monoisotopic (exact) mass is 262 g/mol. The van der Waals surface area contributed by atoms with Crippen molar-refractivity contribution in [1.29, 1.82) is 0 Å². The molecule has 0 aliphatic carbocycles. The fourth-order valence-electron chi connectivity index (χ4n) is 1.70. The Balaban J connectivity index is 1.80. The van der Waals surface area contributed by atoms with Crippen molar-refractivity contribution < 1.29 is 5.11 Å². The maximum atomic E-state index is 9.64. The number of phenolic OH excluding ortho intramolecular Hbond substituents is 1. The van der Waals surface area contributed by atoms with Gasteiger partial charge < -0.3 is 10.4 Å². The van der Waals surface area contributed by atoms with E-state index in [1.807, 2.05) is 12.1 Å². The van der Waals surface area contributed by atoms with E-state index in [0.717, 1.165) is 18.5 Å². The lowest BCUT2D eigenvalue weighted by Crippen LogP contribution is -2.16. The number of nitrogens with one attached hydrogen (secondary N) is 1. The summed E-state index contributed by atoms with van der Waals surface area (Å²) < 4.78 is 0. The molecule has 0 atom stereocenters. The largest absolute Gasteiger partial charge is 0.508 e. The highest BCUT2D eigenvalue weighted by atomic mass is 35.5. The molecule has 0 spiro atoms. The van der Waals surface area contributed by atoms with E-state index in [1.54, 1.807) is 30.6 Å². The van der Waals surface area contributed by atoms with E-state index in [1.165, 1.54) is 5.56 Å². The van der Waals surface area contributed by atoms with Gasteiger partial charge in [0.25, 0.3) is 0 Å². The molecule has 1 aromatic heterocycles. The Hall–Kier alpha value is -1.58. The van der Waals surface area contributed by atoms with Crippen LogP contribution in [0.1, 0.15) is 11.1 Å². The number of hydrogen-bond donors (Lipinski definition) is 2. The Kier molecular flexibility index (Phi) is 4.56. The Morgan fingerprint density at radius 3 is 2.72 bits per heavy atom. The first-order valence-electron chi connectivity index (χ1n) is 5.83. The minimum Gasteiger partial charge on any atom is -0.508 e. The van der Waals surface area contributed by atoms with Gasteiger partial charge in [0.2, 0.25) is 0 Å². The minimum absolute atomic E-state index is 0.274. The van der Waals surface area contributed by atoms with E-state index < -0.39 is 0 Å². The quantitative estimate of drug-likeness (QED) is 0.815. The Labute approximate surface area is 111 Å². The third-order valence-corrected chi connectivity index (χ3v) is 2.93. The van der Waals surface area contributed by atoms with Crippen molar-refractivity contribution in [2.75, 3.05) is 6.54 Å². The molecule has 1 aromatic carbocycles. The van der Waals surface area contributed by atoms with Gasteiger partial charge >= 0.3 is 0 Å². The van der Waals surface area contributed by atoms with Crippen LogP contribution in [0.3, 0.4) is 0 Å². The van der Waals surface area contributed by atoms with Crippen LogP contribution in [0.25, 0.3) is 0 Å². The van der Waals surface area contributed by atoms with Crippen molar-refractivity contribution in [3.05, 3.63) is 58.9 Å². The summed E-state index contributed by atoms with van der Waals surface area (Å²) in [6.45, 7) is 1.45. The summed E-state index contributed by atoms with van der Waals surface area (Å²) in [6, 6.07) is 9.06. The fraction of sp³-hybridized carbons (Fsp3) is 0.214. The molecule has 2 rings (SSSR count). The lowest BCUT2D eigenvalue weighted by atomic mass is 10.2. The molecule has 4 heteroatoms. The van der Waals surface area contributed by atoms with Crippen molar-refractivity contribution in [3.63, 3.8) is 0 Å². The summed E-state index contributed by atoms with van der Waals surface area (Å²) in [7, 11) is 0. The van der Waals surface area contributed by atoms with E-state index in [4.69, 9.17) is 11.6 Å². The zero-order valence-electron chi connectivity index (χ0n) is 9.94. The van der Waals surface area contributed by atoms with Crippen LogP contribution >= 0.6 is 11.6 Å². The minimum atomic E-state index is 0.274. The molecule has 3 nitrogen and oxygen atoms in total. The second kappa shape index (κ2) is 6.38. The first kappa shape index (κ1) is 12.9. The normalized spacial score (nSPS) is 10.5. The van der Waals surface area contributed by atoms with Gasteiger partial charge in [0.15, 0.2) is 0 Å². The first-order valence-corrected chi connectivity index (χ1v) is 6.20. The molecule has 0 aliphatic heterocycles. The van der Waals surface area contributed by atoms with E-state index in [9.17, 15) is 5.11 Å². The van der Waals surface area contributed by atoms with Crippen molar-refractivity contribution >= 4 is 11.6 Å². The lowest BCUT2D eigenvalue weighted by Gasteiger charge is -2.07. The fourth-order valence-corrected chi connectivity index (χ4v) is 1.90. The van der Waals surface area contributed by atoms with Crippen LogP contribution in [0, 0.1) is 0 Å². The highest BCUT2D eigenvalue weighted by Crippen LogP contribution is 2.20. The number of benzene rings is 1. The maximum absolute atomic E-state index is 9.64. The van der Waals surface area contributed by atoms with Gasteiger partial charge in [0.1, 0.15) is 5.75 Å². The van der Waals surface area contributed by atoms with E-state index in [0.29, 0.717) is 11.6 Å². The maximum Gasteiger partial charge on any atom is 0.120 e. The molecule has 0 unspecified atom stereocenters. The van der Waals surface area contributed by atoms with Gasteiger partial charge in [0, 0.05) is 29.5 Å². The van der Waals surface area contributed by atoms with Gasteiger partial charge in [-0.3, -0.25) is 4.98 Å². The summed E-state index contributed by atoms with van der Waals surface area (Å²) in [5, 5.41) is 13.6. The Morgan fingerprint density at radius 1 is 1.17 bits per heavy atom. The van der Waals surface area contributed by atoms with E-state index in [2.05, 4.69) is 10.3 Å². The van der Waals surface area contributed by atoms with Gasteiger partial charge in [0.05, 0.1) is 0 Å². The second-order valence-corrected chi connectivity index (χ2v) is 4.49. The molecule has 0 fully saturated rings. The van der Waals surface area contributed by atoms with Crippen LogP contribution in [-0.2, 0) is 13.0 Å². The summed E-state index contributed by atoms with van der Waals surface area (Å²) in [5.74, 6) is 0.274. The Bertz CT molecular complexity index is 502. The van der Waals surface area contributed by atoms with Crippen LogP contribution < -0.4 is 5.32 Å². The predicted octanol–water partition coefficient (Wildman–Crippen LogP) is 2.77. The molecule has 1 heterocycles.